The quantitative estimate of drug-likeness (QED) is 0.772. The molecule has 4 rings (SSSR count). The molecule has 3 nitrogen and oxygen atoms in total. The van der Waals surface area contributed by atoms with E-state index in [9.17, 15) is 4.79 Å². The Hall–Kier alpha value is -1.87. The number of likely N-dealkylation sites (tertiary alicyclic amines) is 2. The molecule has 0 spiro atoms. The van der Waals surface area contributed by atoms with Crippen molar-refractivity contribution in [2.45, 2.75) is 57.4 Å². The van der Waals surface area contributed by atoms with E-state index in [1.807, 2.05) is 0 Å². The van der Waals surface area contributed by atoms with Crippen LogP contribution in [0, 0.1) is 0 Å². The van der Waals surface area contributed by atoms with E-state index in [4.69, 9.17) is 0 Å². The smallest absolute Gasteiger partial charge is 0.227 e. The van der Waals surface area contributed by atoms with Crippen molar-refractivity contribution >= 4 is 16.7 Å². The van der Waals surface area contributed by atoms with Gasteiger partial charge < -0.3 is 9.80 Å². The summed E-state index contributed by atoms with van der Waals surface area (Å²) in [7, 11) is 0. The first-order valence-electron chi connectivity index (χ1n) is 10.8. The van der Waals surface area contributed by atoms with Crippen LogP contribution in [0.15, 0.2) is 42.5 Å². The van der Waals surface area contributed by atoms with E-state index in [2.05, 4.69) is 52.3 Å². The highest BCUT2D eigenvalue weighted by Crippen LogP contribution is 2.24. The van der Waals surface area contributed by atoms with Crippen molar-refractivity contribution < 1.29 is 4.79 Å². The lowest BCUT2D eigenvalue weighted by molar-refractivity contribution is -0.134. The third-order valence-electron chi connectivity index (χ3n) is 6.40. The van der Waals surface area contributed by atoms with Crippen molar-refractivity contribution in [2.24, 2.45) is 0 Å². The number of piperidine rings is 2. The fourth-order valence-corrected chi connectivity index (χ4v) is 4.85. The van der Waals surface area contributed by atoms with Crippen molar-refractivity contribution in [3.05, 3.63) is 48.0 Å². The number of nitrogens with zero attached hydrogens (tertiary/aromatic N) is 2. The Kier molecular flexibility index (Phi) is 6.08. The molecule has 27 heavy (non-hydrogen) atoms. The van der Waals surface area contributed by atoms with Gasteiger partial charge in [-0.25, -0.2) is 0 Å². The van der Waals surface area contributed by atoms with E-state index in [-0.39, 0.29) is 0 Å². The van der Waals surface area contributed by atoms with Crippen LogP contribution < -0.4 is 0 Å². The Bertz CT molecular complexity index is 761. The van der Waals surface area contributed by atoms with Crippen LogP contribution in [0.5, 0.6) is 0 Å². The van der Waals surface area contributed by atoms with Crippen LogP contribution >= 0.6 is 0 Å². The summed E-state index contributed by atoms with van der Waals surface area (Å²) in [4.78, 5) is 18.0. The van der Waals surface area contributed by atoms with Gasteiger partial charge in [-0.15, -0.1) is 0 Å². The van der Waals surface area contributed by atoms with Gasteiger partial charge in [0, 0.05) is 19.1 Å². The van der Waals surface area contributed by atoms with Crippen LogP contribution in [0.25, 0.3) is 10.8 Å². The molecule has 1 amide bonds. The summed E-state index contributed by atoms with van der Waals surface area (Å²) < 4.78 is 0. The molecule has 144 valence electrons. The first-order valence-corrected chi connectivity index (χ1v) is 10.8. The average molecular weight is 365 g/mol. The maximum Gasteiger partial charge on any atom is 0.227 e. The molecule has 0 aliphatic carbocycles. The maximum atomic E-state index is 13.2. The summed E-state index contributed by atoms with van der Waals surface area (Å²) in [6, 6.07) is 15.2. The lowest BCUT2D eigenvalue weighted by atomic mass is 9.96. The molecule has 0 aromatic heterocycles. The Morgan fingerprint density at radius 2 is 1.67 bits per heavy atom. The summed E-state index contributed by atoms with van der Waals surface area (Å²) >= 11 is 0. The zero-order valence-corrected chi connectivity index (χ0v) is 16.4. The number of rotatable bonds is 5. The molecule has 0 unspecified atom stereocenters. The van der Waals surface area contributed by atoms with Crippen molar-refractivity contribution in [1.82, 2.24) is 9.80 Å². The molecule has 2 fully saturated rings. The average Bonchev–Trinajstić information content (AvgIpc) is 2.73. The predicted octanol–water partition coefficient (Wildman–Crippen LogP) is 4.64. The van der Waals surface area contributed by atoms with E-state index in [1.165, 1.54) is 61.5 Å². The lowest BCUT2D eigenvalue weighted by Crippen LogP contribution is -2.46. The van der Waals surface area contributed by atoms with E-state index >= 15 is 0 Å². The number of hydrogen-bond donors (Lipinski definition) is 0. The van der Waals surface area contributed by atoms with Crippen LogP contribution in [0.4, 0.5) is 0 Å². The predicted molar refractivity (Wildman–Crippen MR) is 112 cm³/mol. The fourth-order valence-electron chi connectivity index (χ4n) is 4.85. The monoisotopic (exact) mass is 364 g/mol. The van der Waals surface area contributed by atoms with E-state index in [0.717, 1.165) is 25.9 Å². The largest absolute Gasteiger partial charge is 0.339 e. The molecule has 2 heterocycles. The minimum Gasteiger partial charge on any atom is -0.339 e. The van der Waals surface area contributed by atoms with Crippen LogP contribution in [0.2, 0.25) is 0 Å². The second-order valence-corrected chi connectivity index (χ2v) is 8.24. The van der Waals surface area contributed by atoms with Gasteiger partial charge in [0.25, 0.3) is 0 Å². The van der Waals surface area contributed by atoms with Crippen LogP contribution in [-0.4, -0.2) is 47.9 Å². The van der Waals surface area contributed by atoms with Crippen molar-refractivity contribution in [3.8, 4) is 0 Å². The van der Waals surface area contributed by atoms with Gasteiger partial charge in [-0.1, -0.05) is 48.9 Å². The van der Waals surface area contributed by atoms with Crippen molar-refractivity contribution in [1.29, 1.82) is 0 Å². The van der Waals surface area contributed by atoms with Crippen molar-refractivity contribution in [3.63, 3.8) is 0 Å². The molecule has 3 heteroatoms. The van der Waals surface area contributed by atoms with Gasteiger partial charge in [0.05, 0.1) is 6.42 Å². The summed E-state index contributed by atoms with van der Waals surface area (Å²) in [5, 5.41) is 2.44. The Morgan fingerprint density at radius 3 is 2.56 bits per heavy atom. The molecule has 0 saturated carbocycles. The SMILES string of the molecule is O=C(Cc1cccc2ccccc12)N1CCCC[C@H]1CCN1CCCCC1. The summed E-state index contributed by atoms with van der Waals surface area (Å²) in [6.45, 7) is 4.59. The van der Waals surface area contributed by atoms with E-state index < -0.39 is 0 Å². The van der Waals surface area contributed by atoms with Gasteiger partial charge in [-0.2, -0.15) is 0 Å². The topological polar surface area (TPSA) is 23.6 Å². The Balaban J connectivity index is 1.42. The number of fused-ring (bicyclic) bond motifs is 1. The molecule has 0 radical (unpaired) electrons. The van der Waals surface area contributed by atoms with Gasteiger partial charge in [-0.05, 0) is 68.0 Å². The van der Waals surface area contributed by atoms with Gasteiger partial charge in [-0.3, -0.25) is 4.79 Å². The van der Waals surface area contributed by atoms with Crippen LogP contribution in [-0.2, 0) is 11.2 Å². The third-order valence-corrected chi connectivity index (χ3v) is 6.40. The zero-order valence-electron chi connectivity index (χ0n) is 16.4. The fraction of sp³-hybridized carbons (Fsp3) is 0.542. The number of benzene rings is 2. The molecule has 2 aromatic carbocycles. The number of carbonyl (C=O) groups is 1. The summed E-state index contributed by atoms with van der Waals surface area (Å²) in [6.07, 6.45) is 9.33. The third kappa shape index (κ3) is 4.52. The molecular formula is C24H32N2O. The lowest BCUT2D eigenvalue weighted by Gasteiger charge is -2.37. The zero-order chi connectivity index (χ0) is 18.5. The first-order chi connectivity index (χ1) is 13.3. The summed E-state index contributed by atoms with van der Waals surface area (Å²) in [5.41, 5.74) is 1.17. The highest BCUT2D eigenvalue weighted by Gasteiger charge is 2.27. The second-order valence-electron chi connectivity index (χ2n) is 8.24. The Morgan fingerprint density at radius 1 is 0.889 bits per heavy atom. The molecular weight excluding hydrogens is 332 g/mol. The standard InChI is InChI=1S/C24H32N2O/c27-24(19-21-11-8-10-20-9-2-3-13-23(20)21)26-17-7-4-12-22(26)14-18-25-15-5-1-6-16-25/h2-3,8-11,13,22H,1,4-7,12,14-19H2/t22-/m0/s1. The minimum absolute atomic E-state index is 0.315. The van der Waals surface area contributed by atoms with E-state index in [0.29, 0.717) is 18.4 Å². The molecule has 1 atom stereocenters. The number of carbonyl (C=O) groups excluding carboxylic acids is 1. The van der Waals surface area contributed by atoms with Gasteiger partial charge in [0.1, 0.15) is 0 Å². The first kappa shape index (κ1) is 18.5. The van der Waals surface area contributed by atoms with E-state index in [1.54, 1.807) is 0 Å². The minimum atomic E-state index is 0.315. The van der Waals surface area contributed by atoms with Crippen molar-refractivity contribution in [2.75, 3.05) is 26.2 Å². The molecule has 2 aliphatic rings. The maximum absolute atomic E-state index is 13.2. The normalized spacial score (nSPS) is 21.5. The van der Waals surface area contributed by atoms with Gasteiger partial charge in [0.2, 0.25) is 5.91 Å². The highest BCUT2D eigenvalue weighted by molar-refractivity contribution is 5.90. The highest BCUT2D eigenvalue weighted by atomic mass is 16.2. The molecule has 2 aliphatic heterocycles. The van der Waals surface area contributed by atoms with Crippen LogP contribution in [0.3, 0.4) is 0 Å². The second kappa shape index (κ2) is 8.88. The molecule has 2 aromatic rings. The molecule has 0 bridgehead atoms. The van der Waals surface area contributed by atoms with Gasteiger partial charge >= 0.3 is 0 Å². The van der Waals surface area contributed by atoms with Crippen LogP contribution in [0.1, 0.15) is 50.5 Å². The molecule has 0 N–H and O–H groups in total. The molecule has 2 saturated heterocycles. The number of amides is 1. The van der Waals surface area contributed by atoms with Gasteiger partial charge in [0.15, 0.2) is 0 Å². The summed E-state index contributed by atoms with van der Waals surface area (Å²) in [5.74, 6) is 0.315. The Labute approximate surface area is 163 Å². The number of hydrogen-bond acceptors (Lipinski definition) is 2.